The molecule has 4 heteroatoms. The number of benzene rings is 2. The summed E-state index contributed by atoms with van der Waals surface area (Å²) >= 11 is 0. The Morgan fingerprint density at radius 2 is 2.00 bits per heavy atom. The van der Waals surface area contributed by atoms with Crippen LogP contribution in [0.4, 0.5) is 11.4 Å². The van der Waals surface area contributed by atoms with E-state index in [1.807, 2.05) is 36.4 Å². The molecular weight excluding hydrogens is 250 g/mol. The van der Waals surface area contributed by atoms with E-state index in [-0.39, 0.29) is 5.91 Å². The molecule has 4 nitrogen and oxygen atoms in total. The number of carbonyl (C=O) groups is 1. The van der Waals surface area contributed by atoms with Crippen LogP contribution in [0.1, 0.15) is 15.9 Å². The molecule has 1 amide bonds. The van der Waals surface area contributed by atoms with Gasteiger partial charge in [0.05, 0.1) is 5.69 Å². The van der Waals surface area contributed by atoms with Crippen molar-refractivity contribution in [2.45, 2.75) is 6.42 Å². The molecule has 0 unspecified atom stereocenters. The summed E-state index contributed by atoms with van der Waals surface area (Å²) in [6.07, 6.45) is 0.792. The zero-order valence-electron chi connectivity index (χ0n) is 11.2. The van der Waals surface area contributed by atoms with E-state index in [4.69, 9.17) is 0 Å². The van der Waals surface area contributed by atoms with Crippen LogP contribution in [0, 0.1) is 0 Å². The van der Waals surface area contributed by atoms with Gasteiger partial charge in [-0.05, 0) is 29.8 Å². The lowest BCUT2D eigenvalue weighted by atomic mass is 10.1. The van der Waals surface area contributed by atoms with Gasteiger partial charge in [-0.15, -0.1) is 0 Å². The predicted octanol–water partition coefficient (Wildman–Crippen LogP) is 2.74. The van der Waals surface area contributed by atoms with Crippen LogP contribution in [-0.2, 0) is 6.42 Å². The van der Waals surface area contributed by atoms with E-state index in [0.29, 0.717) is 5.56 Å². The summed E-state index contributed by atoms with van der Waals surface area (Å²) in [5.74, 6) is 0.811. The van der Waals surface area contributed by atoms with E-state index in [1.165, 1.54) is 5.56 Å². The first-order valence-corrected chi connectivity index (χ1v) is 6.51. The number of rotatable bonds is 2. The van der Waals surface area contributed by atoms with Gasteiger partial charge in [0, 0.05) is 24.7 Å². The topological polar surface area (TPSA) is 53.5 Å². The Labute approximate surface area is 117 Å². The lowest BCUT2D eigenvalue weighted by molar-refractivity contribution is 0.0963. The van der Waals surface area contributed by atoms with Crippen LogP contribution >= 0.6 is 0 Å². The van der Waals surface area contributed by atoms with Gasteiger partial charge in [0.15, 0.2) is 0 Å². The molecule has 3 rings (SSSR count). The molecule has 0 saturated heterocycles. The van der Waals surface area contributed by atoms with Crippen molar-refractivity contribution in [3.8, 4) is 0 Å². The molecule has 0 fully saturated rings. The molecule has 20 heavy (non-hydrogen) atoms. The molecule has 0 spiro atoms. The van der Waals surface area contributed by atoms with E-state index in [0.717, 1.165) is 23.6 Å². The molecule has 2 aromatic rings. The lowest BCUT2D eigenvalue weighted by Gasteiger charge is -2.07. The first-order chi connectivity index (χ1) is 9.76. The molecule has 1 heterocycles. The summed E-state index contributed by atoms with van der Waals surface area (Å²) in [7, 11) is 1.63. The van der Waals surface area contributed by atoms with E-state index in [9.17, 15) is 4.79 Å². The van der Waals surface area contributed by atoms with Gasteiger partial charge in [0.1, 0.15) is 5.84 Å². The van der Waals surface area contributed by atoms with Crippen LogP contribution in [0.2, 0.25) is 0 Å². The number of nitrogens with one attached hydrogen (secondary N) is 2. The molecular formula is C16H15N3O. The van der Waals surface area contributed by atoms with E-state index < -0.39 is 0 Å². The van der Waals surface area contributed by atoms with Crippen LogP contribution in [0.15, 0.2) is 53.5 Å². The minimum Gasteiger partial charge on any atom is -0.355 e. The molecule has 0 atom stereocenters. The first-order valence-electron chi connectivity index (χ1n) is 6.51. The minimum atomic E-state index is -0.0923. The molecule has 2 aromatic carbocycles. The van der Waals surface area contributed by atoms with Crippen molar-refractivity contribution in [3.05, 3.63) is 59.7 Å². The standard InChI is InChI=1S/C16H15N3O/c1-17-16(20)12-6-4-7-13(9-12)18-15-10-11-5-2-3-8-14(11)19-15/h2-9H,10H2,1H3,(H,17,20)(H,18,19). The van der Waals surface area contributed by atoms with Gasteiger partial charge < -0.3 is 10.6 Å². The fraction of sp³-hybridized carbons (Fsp3) is 0.125. The molecule has 0 bridgehead atoms. The van der Waals surface area contributed by atoms with Crippen LogP contribution in [0.5, 0.6) is 0 Å². The SMILES string of the molecule is CNC(=O)c1cccc(NC2=Nc3ccccc3C2)c1. The van der Waals surface area contributed by atoms with Crippen molar-refractivity contribution in [3.63, 3.8) is 0 Å². The smallest absolute Gasteiger partial charge is 0.251 e. The Morgan fingerprint density at radius 1 is 1.15 bits per heavy atom. The highest BCUT2D eigenvalue weighted by Crippen LogP contribution is 2.26. The maximum atomic E-state index is 11.6. The fourth-order valence-corrected chi connectivity index (χ4v) is 2.26. The van der Waals surface area contributed by atoms with Gasteiger partial charge >= 0.3 is 0 Å². The third kappa shape index (κ3) is 2.40. The molecule has 1 aliphatic heterocycles. The number of carbonyl (C=O) groups excluding carboxylic acids is 1. The number of fused-ring (bicyclic) bond motifs is 1. The maximum absolute atomic E-state index is 11.6. The van der Waals surface area contributed by atoms with E-state index in [1.54, 1.807) is 13.1 Å². The Kier molecular flexibility index (Phi) is 3.21. The number of hydrogen-bond acceptors (Lipinski definition) is 3. The average Bonchev–Trinajstić information content (AvgIpc) is 2.88. The molecule has 0 aromatic heterocycles. The van der Waals surface area contributed by atoms with Gasteiger partial charge in [-0.2, -0.15) is 0 Å². The predicted molar refractivity (Wildman–Crippen MR) is 80.7 cm³/mol. The number of aliphatic imine (C=N–C) groups is 1. The quantitative estimate of drug-likeness (QED) is 0.877. The lowest BCUT2D eigenvalue weighted by Crippen LogP contribution is -2.18. The second-order valence-corrected chi connectivity index (χ2v) is 4.65. The Hall–Kier alpha value is -2.62. The van der Waals surface area contributed by atoms with Crippen molar-refractivity contribution in [2.75, 3.05) is 12.4 Å². The number of para-hydroxylation sites is 1. The summed E-state index contributed by atoms with van der Waals surface area (Å²) < 4.78 is 0. The van der Waals surface area contributed by atoms with Crippen LogP contribution < -0.4 is 10.6 Å². The Bertz CT molecular complexity index is 692. The molecule has 2 N–H and O–H groups in total. The second-order valence-electron chi connectivity index (χ2n) is 4.65. The minimum absolute atomic E-state index is 0.0923. The van der Waals surface area contributed by atoms with E-state index >= 15 is 0 Å². The first kappa shape index (κ1) is 12.4. The van der Waals surface area contributed by atoms with Gasteiger partial charge in [-0.1, -0.05) is 24.3 Å². The number of anilines is 1. The van der Waals surface area contributed by atoms with Crippen molar-refractivity contribution >= 4 is 23.1 Å². The summed E-state index contributed by atoms with van der Waals surface area (Å²) in [6, 6.07) is 15.5. The third-order valence-electron chi connectivity index (χ3n) is 3.25. The van der Waals surface area contributed by atoms with Gasteiger partial charge in [0.2, 0.25) is 0 Å². The van der Waals surface area contributed by atoms with Crippen molar-refractivity contribution in [2.24, 2.45) is 4.99 Å². The van der Waals surface area contributed by atoms with Crippen LogP contribution in [-0.4, -0.2) is 18.8 Å². The summed E-state index contributed by atoms with van der Waals surface area (Å²) in [5, 5.41) is 5.90. The highest BCUT2D eigenvalue weighted by molar-refractivity contribution is 6.03. The van der Waals surface area contributed by atoms with E-state index in [2.05, 4.69) is 21.7 Å². The normalized spacial score (nSPS) is 12.6. The molecule has 0 aliphatic carbocycles. The average molecular weight is 265 g/mol. The number of amidine groups is 1. The Morgan fingerprint density at radius 3 is 2.80 bits per heavy atom. The Balaban J connectivity index is 1.79. The monoisotopic (exact) mass is 265 g/mol. The summed E-state index contributed by atoms with van der Waals surface area (Å²) in [6.45, 7) is 0. The third-order valence-corrected chi connectivity index (χ3v) is 3.25. The zero-order chi connectivity index (χ0) is 13.9. The van der Waals surface area contributed by atoms with Gasteiger partial charge in [-0.3, -0.25) is 4.79 Å². The van der Waals surface area contributed by atoms with Crippen LogP contribution in [0.3, 0.4) is 0 Å². The zero-order valence-corrected chi connectivity index (χ0v) is 11.2. The number of amides is 1. The fourth-order valence-electron chi connectivity index (χ4n) is 2.26. The van der Waals surface area contributed by atoms with Gasteiger partial charge in [0.25, 0.3) is 5.91 Å². The second kappa shape index (κ2) is 5.17. The highest BCUT2D eigenvalue weighted by atomic mass is 16.1. The number of hydrogen-bond donors (Lipinski definition) is 2. The van der Waals surface area contributed by atoms with Crippen molar-refractivity contribution in [1.29, 1.82) is 0 Å². The maximum Gasteiger partial charge on any atom is 0.251 e. The highest BCUT2D eigenvalue weighted by Gasteiger charge is 2.14. The number of nitrogens with zero attached hydrogens (tertiary/aromatic N) is 1. The molecule has 100 valence electrons. The molecule has 0 saturated carbocycles. The van der Waals surface area contributed by atoms with Crippen LogP contribution in [0.25, 0.3) is 0 Å². The molecule has 0 radical (unpaired) electrons. The molecule has 1 aliphatic rings. The summed E-state index contributed by atoms with van der Waals surface area (Å²) in [5.41, 5.74) is 3.74. The largest absolute Gasteiger partial charge is 0.355 e. The van der Waals surface area contributed by atoms with Gasteiger partial charge in [-0.25, -0.2) is 4.99 Å². The summed E-state index contributed by atoms with van der Waals surface area (Å²) in [4.78, 5) is 16.2. The van der Waals surface area contributed by atoms with Crippen molar-refractivity contribution < 1.29 is 4.79 Å². The van der Waals surface area contributed by atoms with Crippen molar-refractivity contribution in [1.82, 2.24) is 5.32 Å².